The Balaban J connectivity index is 1.44. The summed E-state index contributed by atoms with van der Waals surface area (Å²) in [6, 6.07) is 29.4. The molecule has 9 heteroatoms. The lowest BCUT2D eigenvalue weighted by atomic mass is 9.93. The number of anilines is 2. The molecule has 1 atom stereocenters. The lowest BCUT2D eigenvalue weighted by molar-refractivity contribution is 0.340. The molecule has 8 nitrogen and oxygen atoms in total. The lowest BCUT2D eigenvalue weighted by Gasteiger charge is -2.40. The van der Waals surface area contributed by atoms with E-state index in [2.05, 4.69) is 33.4 Å². The first-order valence-corrected chi connectivity index (χ1v) is 13.8. The zero-order chi connectivity index (χ0) is 27.9. The summed E-state index contributed by atoms with van der Waals surface area (Å²) in [6.07, 6.45) is 1.76. The van der Waals surface area contributed by atoms with Crippen LogP contribution in [0.25, 0.3) is 5.82 Å². The molecule has 0 aliphatic carbocycles. The molecule has 4 heterocycles. The van der Waals surface area contributed by atoms with E-state index in [9.17, 15) is 0 Å². The van der Waals surface area contributed by atoms with E-state index in [0.29, 0.717) is 34.9 Å². The Hall–Kier alpha value is -4.95. The highest BCUT2D eigenvalue weighted by molar-refractivity contribution is 6.51. The molecule has 0 spiro atoms. The number of benzene rings is 3. The summed E-state index contributed by atoms with van der Waals surface area (Å²) in [5.41, 5.74) is 5.60. The Labute approximate surface area is 242 Å². The number of nitrogens with zero attached hydrogens (tertiary/aromatic N) is 6. The Morgan fingerprint density at radius 1 is 0.902 bits per heavy atom. The van der Waals surface area contributed by atoms with Crippen LogP contribution in [0.5, 0.6) is 5.75 Å². The largest absolute Gasteiger partial charge is 0.494 e. The Bertz CT molecular complexity index is 1790. The summed E-state index contributed by atoms with van der Waals surface area (Å²) in [7, 11) is 0. The monoisotopic (exact) mass is 559 g/mol. The standard InChI is InChI=1S/C32H26ClN7O/c1-3-41-24-17-15-23(16-18-24)35-30-32-37-31-28(20(2)38-40(31)27-10-6-7-19-34-27)29(21-11-13-22(33)14-12-21)39(32)26-9-5-4-8-25(26)36-30/h4-19,29H,3H2,1-2H3,(H,35,36)/t29-/m1/s1. The van der Waals surface area contributed by atoms with Crippen molar-refractivity contribution in [2.75, 3.05) is 16.8 Å². The fourth-order valence-corrected chi connectivity index (χ4v) is 5.46. The van der Waals surface area contributed by atoms with Gasteiger partial charge in [0.1, 0.15) is 5.75 Å². The third-order valence-corrected chi connectivity index (χ3v) is 7.37. The summed E-state index contributed by atoms with van der Waals surface area (Å²) >= 11 is 6.33. The molecule has 5 aromatic rings. The molecule has 7 rings (SSSR count). The molecule has 0 bridgehead atoms. The SMILES string of the molecule is CCOc1ccc(NC2=Nc3ccccc3N3C2=Nc2c(c(C)nn2-c2ccccn2)[C@H]3c2ccc(Cl)cc2)cc1. The summed E-state index contributed by atoms with van der Waals surface area (Å²) in [4.78, 5) is 17.1. The van der Waals surface area contributed by atoms with Gasteiger partial charge in [0.2, 0.25) is 0 Å². The van der Waals surface area contributed by atoms with Gasteiger partial charge < -0.3 is 15.0 Å². The number of hydrogen-bond donors (Lipinski definition) is 1. The number of aliphatic imine (C=N–C) groups is 2. The number of aryl methyl sites for hydroxylation is 1. The third kappa shape index (κ3) is 4.42. The van der Waals surface area contributed by atoms with E-state index in [4.69, 9.17) is 31.4 Å². The van der Waals surface area contributed by atoms with Crippen molar-refractivity contribution in [3.63, 3.8) is 0 Å². The van der Waals surface area contributed by atoms with Crippen LogP contribution in [0.1, 0.15) is 29.8 Å². The third-order valence-electron chi connectivity index (χ3n) is 7.12. The van der Waals surface area contributed by atoms with Crippen LogP contribution in [-0.2, 0) is 0 Å². The molecule has 0 unspecified atom stereocenters. The van der Waals surface area contributed by atoms with Crippen molar-refractivity contribution in [3.8, 4) is 11.6 Å². The highest BCUT2D eigenvalue weighted by Crippen LogP contribution is 2.48. The normalized spacial score (nSPS) is 15.3. The van der Waals surface area contributed by atoms with E-state index in [1.54, 1.807) is 6.20 Å². The van der Waals surface area contributed by atoms with E-state index < -0.39 is 0 Å². The van der Waals surface area contributed by atoms with Crippen LogP contribution in [0.3, 0.4) is 0 Å². The number of amidine groups is 2. The van der Waals surface area contributed by atoms with Crippen molar-refractivity contribution >= 4 is 46.2 Å². The predicted molar refractivity (Wildman–Crippen MR) is 164 cm³/mol. The molecule has 0 radical (unpaired) electrons. The summed E-state index contributed by atoms with van der Waals surface area (Å²) in [5.74, 6) is 3.53. The van der Waals surface area contributed by atoms with Crippen molar-refractivity contribution in [2.24, 2.45) is 9.98 Å². The van der Waals surface area contributed by atoms with Gasteiger partial charge in [-0.25, -0.2) is 15.0 Å². The molecule has 2 aliphatic rings. The van der Waals surface area contributed by atoms with Crippen LogP contribution in [0, 0.1) is 6.92 Å². The van der Waals surface area contributed by atoms with Crippen LogP contribution < -0.4 is 15.0 Å². The Morgan fingerprint density at radius 3 is 2.44 bits per heavy atom. The highest BCUT2D eigenvalue weighted by atomic mass is 35.5. The van der Waals surface area contributed by atoms with E-state index >= 15 is 0 Å². The molecular formula is C32H26ClN7O. The van der Waals surface area contributed by atoms with Gasteiger partial charge in [-0.2, -0.15) is 9.78 Å². The number of pyridine rings is 1. The lowest BCUT2D eigenvalue weighted by Crippen LogP contribution is -2.46. The predicted octanol–water partition coefficient (Wildman–Crippen LogP) is 7.42. The van der Waals surface area contributed by atoms with Gasteiger partial charge in [-0.05, 0) is 80.1 Å². The van der Waals surface area contributed by atoms with Crippen molar-refractivity contribution in [3.05, 3.63) is 119 Å². The smallest absolute Gasteiger partial charge is 0.179 e. The van der Waals surface area contributed by atoms with Crippen LogP contribution in [0.15, 0.2) is 107 Å². The van der Waals surface area contributed by atoms with Crippen molar-refractivity contribution in [1.29, 1.82) is 0 Å². The number of nitrogens with one attached hydrogen (secondary N) is 1. The fourth-order valence-electron chi connectivity index (χ4n) is 5.33. The van der Waals surface area contributed by atoms with Gasteiger partial charge in [0.15, 0.2) is 23.3 Å². The van der Waals surface area contributed by atoms with Crippen LogP contribution >= 0.6 is 11.6 Å². The first-order chi connectivity index (χ1) is 20.1. The minimum Gasteiger partial charge on any atom is -0.494 e. The maximum atomic E-state index is 6.33. The first-order valence-electron chi connectivity index (χ1n) is 13.4. The second-order valence-electron chi connectivity index (χ2n) is 9.71. The second kappa shape index (κ2) is 10.2. The molecular weight excluding hydrogens is 534 g/mol. The molecule has 2 aliphatic heterocycles. The van der Waals surface area contributed by atoms with Gasteiger partial charge in [0, 0.05) is 22.5 Å². The van der Waals surface area contributed by atoms with Crippen molar-refractivity contribution < 1.29 is 4.74 Å². The fraction of sp³-hybridized carbons (Fsp3) is 0.125. The Morgan fingerprint density at radius 2 is 1.68 bits per heavy atom. The van der Waals surface area contributed by atoms with Crippen LogP contribution in [-0.4, -0.2) is 33.0 Å². The van der Waals surface area contributed by atoms with Gasteiger partial charge in [0.05, 0.1) is 29.7 Å². The maximum Gasteiger partial charge on any atom is 0.179 e. The second-order valence-corrected chi connectivity index (χ2v) is 10.1. The summed E-state index contributed by atoms with van der Waals surface area (Å²) in [5, 5.41) is 9.13. The number of ether oxygens (including phenoxy) is 1. The average molecular weight is 560 g/mol. The number of hydrogen-bond acceptors (Lipinski definition) is 7. The Kier molecular flexibility index (Phi) is 6.24. The summed E-state index contributed by atoms with van der Waals surface area (Å²) in [6.45, 7) is 4.60. The van der Waals surface area contributed by atoms with Crippen molar-refractivity contribution in [1.82, 2.24) is 14.8 Å². The number of rotatable bonds is 5. The molecule has 1 N–H and O–H groups in total. The summed E-state index contributed by atoms with van der Waals surface area (Å²) < 4.78 is 7.45. The highest BCUT2D eigenvalue weighted by Gasteiger charge is 2.41. The number of para-hydroxylation sites is 2. The topological polar surface area (TPSA) is 79.9 Å². The molecule has 0 saturated carbocycles. The number of halogens is 1. The van der Waals surface area contributed by atoms with Crippen molar-refractivity contribution in [2.45, 2.75) is 19.9 Å². The van der Waals surface area contributed by atoms with Crippen LogP contribution in [0.2, 0.25) is 5.02 Å². The quantitative estimate of drug-likeness (QED) is 0.242. The maximum absolute atomic E-state index is 6.33. The molecule has 3 aromatic carbocycles. The van der Waals surface area contributed by atoms with Crippen LogP contribution in [0.4, 0.5) is 22.9 Å². The average Bonchev–Trinajstić information content (AvgIpc) is 3.34. The zero-order valence-electron chi connectivity index (χ0n) is 22.5. The molecule has 2 aromatic heterocycles. The minimum absolute atomic E-state index is 0.235. The van der Waals surface area contributed by atoms with E-state index in [1.165, 1.54) is 0 Å². The van der Waals surface area contributed by atoms with Gasteiger partial charge in [0.25, 0.3) is 0 Å². The van der Waals surface area contributed by atoms with Gasteiger partial charge in [-0.3, -0.25) is 0 Å². The first kappa shape index (κ1) is 25.0. The van der Waals surface area contributed by atoms with E-state index in [0.717, 1.165) is 39.6 Å². The molecule has 202 valence electrons. The molecule has 0 fully saturated rings. The molecule has 0 amide bonds. The molecule has 41 heavy (non-hydrogen) atoms. The van der Waals surface area contributed by atoms with E-state index in [1.807, 2.05) is 91.3 Å². The molecule has 0 saturated heterocycles. The van der Waals surface area contributed by atoms with Gasteiger partial charge >= 0.3 is 0 Å². The van der Waals surface area contributed by atoms with E-state index in [-0.39, 0.29) is 6.04 Å². The van der Waals surface area contributed by atoms with Gasteiger partial charge in [-0.1, -0.05) is 41.9 Å². The number of fused-ring (bicyclic) bond motifs is 4. The minimum atomic E-state index is -0.235. The zero-order valence-corrected chi connectivity index (χ0v) is 23.2. The number of aromatic nitrogens is 3. The van der Waals surface area contributed by atoms with Gasteiger partial charge in [-0.15, -0.1) is 0 Å².